The van der Waals surface area contributed by atoms with Gasteiger partial charge in [0.2, 0.25) is 0 Å². The number of aromatic nitrogens is 3. The number of nitrogens with zero attached hydrogens (tertiary/aromatic N) is 3. The number of amides is 2. The average Bonchev–Trinajstić information content (AvgIpc) is 2.64. The van der Waals surface area contributed by atoms with Gasteiger partial charge < -0.3 is 20.3 Å². The van der Waals surface area contributed by atoms with E-state index in [2.05, 4.69) is 25.4 Å². The van der Waals surface area contributed by atoms with Gasteiger partial charge in [0.05, 0.1) is 6.54 Å². The smallest absolute Gasteiger partial charge is 0.315 e. The molecule has 3 N–H and O–H groups in total. The second-order valence-corrected chi connectivity index (χ2v) is 5.24. The van der Waals surface area contributed by atoms with Gasteiger partial charge in [-0.1, -0.05) is 6.42 Å². The lowest BCUT2D eigenvalue weighted by Gasteiger charge is -2.13. The zero-order valence-electron chi connectivity index (χ0n) is 11.9. The van der Waals surface area contributed by atoms with Crippen molar-refractivity contribution in [2.45, 2.75) is 58.2 Å². The Morgan fingerprint density at radius 1 is 1.40 bits per heavy atom. The first-order chi connectivity index (χ1) is 9.70. The van der Waals surface area contributed by atoms with Crippen molar-refractivity contribution in [1.82, 2.24) is 25.4 Å². The minimum atomic E-state index is -0.239. The highest BCUT2D eigenvalue weighted by Gasteiger charge is 2.15. The standard InChI is InChI=1S/C13H23N5O2/c1-10(6-8-19)15-13(20)14-9-12-17-16-11-5-3-2-4-7-18(11)12/h10,19H,2-9H2,1H3,(H2,14,15,20)/t10-/m1/s1. The molecule has 1 aromatic heterocycles. The molecule has 20 heavy (non-hydrogen) atoms. The number of nitrogens with one attached hydrogen (secondary N) is 2. The molecule has 0 spiro atoms. The predicted molar refractivity (Wildman–Crippen MR) is 74.1 cm³/mol. The van der Waals surface area contributed by atoms with Gasteiger partial charge in [0.25, 0.3) is 0 Å². The van der Waals surface area contributed by atoms with Gasteiger partial charge in [-0.2, -0.15) is 0 Å². The van der Waals surface area contributed by atoms with Gasteiger partial charge in [-0.05, 0) is 26.2 Å². The van der Waals surface area contributed by atoms with Crippen molar-refractivity contribution < 1.29 is 9.90 Å². The van der Waals surface area contributed by atoms with Crippen LogP contribution in [0.1, 0.15) is 44.3 Å². The Kier molecular flexibility index (Phi) is 5.34. The third kappa shape index (κ3) is 3.93. The molecule has 0 bridgehead atoms. The van der Waals surface area contributed by atoms with Crippen LogP contribution < -0.4 is 10.6 Å². The lowest BCUT2D eigenvalue weighted by atomic mass is 10.2. The first-order valence-electron chi connectivity index (χ1n) is 7.27. The normalized spacial score (nSPS) is 16.1. The molecule has 0 aliphatic carbocycles. The van der Waals surface area contributed by atoms with Crippen molar-refractivity contribution in [3.05, 3.63) is 11.6 Å². The van der Waals surface area contributed by atoms with Gasteiger partial charge in [0.15, 0.2) is 5.82 Å². The van der Waals surface area contributed by atoms with E-state index >= 15 is 0 Å². The zero-order chi connectivity index (χ0) is 14.4. The highest BCUT2D eigenvalue weighted by Crippen LogP contribution is 2.14. The SMILES string of the molecule is C[C@H](CCO)NC(=O)NCc1nnc2n1CCCCC2. The van der Waals surface area contributed by atoms with Crippen molar-refractivity contribution in [2.24, 2.45) is 0 Å². The topological polar surface area (TPSA) is 92.1 Å². The summed E-state index contributed by atoms with van der Waals surface area (Å²) in [6, 6.07) is -0.285. The molecular formula is C13H23N5O2. The van der Waals surface area contributed by atoms with Gasteiger partial charge >= 0.3 is 6.03 Å². The average molecular weight is 281 g/mol. The van der Waals surface area contributed by atoms with Crippen LogP contribution in [0.3, 0.4) is 0 Å². The highest BCUT2D eigenvalue weighted by molar-refractivity contribution is 5.74. The van der Waals surface area contributed by atoms with Crippen LogP contribution >= 0.6 is 0 Å². The molecule has 0 unspecified atom stereocenters. The van der Waals surface area contributed by atoms with Crippen molar-refractivity contribution in [1.29, 1.82) is 0 Å². The largest absolute Gasteiger partial charge is 0.396 e. The Morgan fingerprint density at radius 2 is 2.25 bits per heavy atom. The number of carbonyl (C=O) groups excluding carboxylic acids is 1. The maximum atomic E-state index is 11.7. The van der Waals surface area contributed by atoms with Crippen LogP contribution in [0.4, 0.5) is 4.79 Å². The van der Waals surface area contributed by atoms with E-state index in [-0.39, 0.29) is 18.7 Å². The van der Waals surface area contributed by atoms with E-state index in [9.17, 15) is 4.79 Å². The second kappa shape index (κ2) is 7.23. The molecule has 0 saturated carbocycles. The van der Waals surface area contributed by atoms with E-state index in [0.29, 0.717) is 13.0 Å². The van der Waals surface area contributed by atoms with Gasteiger partial charge in [-0.25, -0.2) is 4.79 Å². The number of aliphatic hydroxyl groups excluding tert-OH is 1. The minimum absolute atomic E-state index is 0.0458. The van der Waals surface area contributed by atoms with E-state index in [4.69, 9.17) is 5.11 Å². The molecular weight excluding hydrogens is 258 g/mol. The predicted octanol–water partition coefficient (Wildman–Crippen LogP) is 0.575. The van der Waals surface area contributed by atoms with Crippen LogP contribution in [0.5, 0.6) is 0 Å². The highest BCUT2D eigenvalue weighted by atomic mass is 16.3. The molecule has 0 radical (unpaired) electrons. The molecule has 2 amide bonds. The Hall–Kier alpha value is -1.63. The molecule has 2 rings (SSSR count). The van der Waals surface area contributed by atoms with Crippen molar-refractivity contribution in [3.63, 3.8) is 0 Å². The summed E-state index contributed by atoms with van der Waals surface area (Å²) in [5, 5.41) is 22.7. The number of aliphatic hydroxyl groups is 1. The van der Waals surface area contributed by atoms with Crippen LogP contribution in [-0.2, 0) is 19.5 Å². The molecule has 1 aromatic rings. The summed E-state index contributed by atoms with van der Waals surface area (Å²) in [6.45, 7) is 3.24. The van der Waals surface area contributed by atoms with E-state index in [1.165, 1.54) is 6.42 Å². The van der Waals surface area contributed by atoms with Gasteiger partial charge in [0.1, 0.15) is 5.82 Å². The number of fused-ring (bicyclic) bond motifs is 1. The number of hydrogen-bond acceptors (Lipinski definition) is 4. The summed E-state index contributed by atoms with van der Waals surface area (Å²) >= 11 is 0. The van der Waals surface area contributed by atoms with E-state index in [0.717, 1.165) is 37.5 Å². The summed E-state index contributed by atoms with van der Waals surface area (Å²) in [5.74, 6) is 1.83. The van der Waals surface area contributed by atoms with Crippen LogP contribution in [-0.4, -0.2) is 38.6 Å². The summed E-state index contributed by atoms with van der Waals surface area (Å²) < 4.78 is 2.12. The molecule has 1 aliphatic heterocycles. The molecule has 1 aliphatic rings. The van der Waals surface area contributed by atoms with Crippen molar-refractivity contribution in [2.75, 3.05) is 6.61 Å². The van der Waals surface area contributed by atoms with E-state index in [1.54, 1.807) is 0 Å². The molecule has 0 fully saturated rings. The maximum absolute atomic E-state index is 11.7. The number of carbonyl (C=O) groups is 1. The molecule has 0 saturated heterocycles. The lowest BCUT2D eigenvalue weighted by molar-refractivity contribution is 0.230. The number of aryl methyl sites for hydroxylation is 1. The minimum Gasteiger partial charge on any atom is -0.396 e. The van der Waals surface area contributed by atoms with Crippen molar-refractivity contribution in [3.8, 4) is 0 Å². The summed E-state index contributed by atoms with van der Waals surface area (Å²) in [4.78, 5) is 11.7. The maximum Gasteiger partial charge on any atom is 0.315 e. The first kappa shape index (κ1) is 14.8. The third-order valence-corrected chi connectivity index (χ3v) is 3.53. The Balaban J connectivity index is 1.85. The summed E-state index contributed by atoms with van der Waals surface area (Å²) in [7, 11) is 0. The van der Waals surface area contributed by atoms with Crippen LogP contribution in [0.2, 0.25) is 0 Å². The fourth-order valence-corrected chi connectivity index (χ4v) is 2.38. The summed E-state index contributed by atoms with van der Waals surface area (Å²) in [5.41, 5.74) is 0. The van der Waals surface area contributed by atoms with Gasteiger partial charge in [-0.15, -0.1) is 10.2 Å². The molecule has 2 heterocycles. The summed E-state index contributed by atoms with van der Waals surface area (Å²) in [6.07, 6.45) is 5.03. The molecule has 0 aromatic carbocycles. The molecule has 7 nitrogen and oxygen atoms in total. The fourth-order valence-electron chi connectivity index (χ4n) is 2.38. The van der Waals surface area contributed by atoms with Gasteiger partial charge in [0, 0.05) is 25.6 Å². The van der Waals surface area contributed by atoms with Crippen LogP contribution in [0.15, 0.2) is 0 Å². The Morgan fingerprint density at radius 3 is 3.05 bits per heavy atom. The molecule has 7 heteroatoms. The number of hydrogen-bond donors (Lipinski definition) is 3. The number of rotatable bonds is 5. The van der Waals surface area contributed by atoms with E-state index in [1.807, 2.05) is 6.92 Å². The quantitative estimate of drug-likeness (QED) is 0.736. The second-order valence-electron chi connectivity index (χ2n) is 5.24. The van der Waals surface area contributed by atoms with E-state index < -0.39 is 0 Å². The van der Waals surface area contributed by atoms with Crippen LogP contribution in [0.25, 0.3) is 0 Å². The fraction of sp³-hybridized carbons (Fsp3) is 0.769. The zero-order valence-corrected chi connectivity index (χ0v) is 11.9. The van der Waals surface area contributed by atoms with Crippen molar-refractivity contribution >= 4 is 6.03 Å². The molecule has 1 atom stereocenters. The van der Waals surface area contributed by atoms with Crippen LogP contribution in [0, 0.1) is 0 Å². The first-order valence-corrected chi connectivity index (χ1v) is 7.27. The Labute approximate surface area is 118 Å². The monoisotopic (exact) mass is 281 g/mol. The Bertz CT molecular complexity index is 446. The van der Waals surface area contributed by atoms with Gasteiger partial charge in [-0.3, -0.25) is 0 Å². The molecule has 112 valence electrons. The third-order valence-electron chi connectivity index (χ3n) is 3.53. The number of urea groups is 1. The lowest BCUT2D eigenvalue weighted by Crippen LogP contribution is -2.41.